The summed E-state index contributed by atoms with van der Waals surface area (Å²) < 4.78 is 5.16. The lowest BCUT2D eigenvalue weighted by molar-refractivity contribution is -0.147. The van der Waals surface area contributed by atoms with Crippen molar-refractivity contribution in [3.8, 4) is 0 Å². The van der Waals surface area contributed by atoms with E-state index in [1.807, 2.05) is 30.3 Å². The summed E-state index contributed by atoms with van der Waals surface area (Å²) in [4.78, 5) is 37.1. The molecule has 0 spiro atoms. The van der Waals surface area contributed by atoms with E-state index in [9.17, 15) is 14.4 Å². The van der Waals surface area contributed by atoms with E-state index in [0.29, 0.717) is 22.9 Å². The standard InChI is InChI=1S/C21H24N2O4S/c1-2-27-21(26)16(12-14-6-4-3-5-7-14)13-22-20(25)17-10-11-18(28-17)23-19(24)15-8-9-15/h3-7,10-11,15-16H,2,8-9,12-13H2,1H3,(H,22,25)(H,23,24). The van der Waals surface area contributed by atoms with E-state index in [1.54, 1.807) is 19.1 Å². The van der Waals surface area contributed by atoms with E-state index < -0.39 is 5.92 Å². The van der Waals surface area contributed by atoms with E-state index in [4.69, 9.17) is 4.74 Å². The predicted molar refractivity (Wildman–Crippen MR) is 108 cm³/mol. The fourth-order valence-electron chi connectivity index (χ4n) is 2.80. The zero-order valence-electron chi connectivity index (χ0n) is 15.8. The third-order valence-corrected chi connectivity index (χ3v) is 5.48. The largest absolute Gasteiger partial charge is 0.466 e. The maximum absolute atomic E-state index is 12.5. The van der Waals surface area contributed by atoms with Crippen molar-refractivity contribution >= 4 is 34.1 Å². The smallest absolute Gasteiger partial charge is 0.311 e. The topological polar surface area (TPSA) is 84.5 Å². The molecular formula is C21H24N2O4S. The van der Waals surface area contributed by atoms with Crippen molar-refractivity contribution in [2.75, 3.05) is 18.5 Å². The molecule has 2 N–H and O–H groups in total. The van der Waals surface area contributed by atoms with Gasteiger partial charge in [0, 0.05) is 12.5 Å². The van der Waals surface area contributed by atoms with Gasteiger partial charge in [0.15, 0.2) is 0 Å². The minimum atomic E-state index is -0.458. The van der Waals surface area contributed by atoms with Gasteiger partial charge in [0.2, 0.25) is 5.91 Å². The van der Waals surface area contributed by atoms with E-state index in [0.717, 1.165) is 18.4 Å². The van der Waals surface area contributed by atoms with Crippen LogP contribution in [0.5, 0.6) is 0 Å². The molecule has 2 aromatic rings. The Kier molecular flexibility index (Phi) is 6.81. The highest BCUT2D eigenvalue weighted by Gasteiger charge is 2.30. The molecule has 0 bridgehead atoms. The first-order valence-corrected chi connectivity index (χ1v) is 10.3. The van der Waals surface area contributed by atoms with Crippen LogP contribution >= 0.6 is 11.3 Å². The van der Waals surface area contributed by atoms with Gasteiger partial charge in [-0.15, -0.1) is 11.3 Å². The van der Waals surface area contributed by atoms with E-state index in [-0.39, 0.29) is 30.2 Å². The number of thiophene rings is 1. The van der Waals surface area contributed by atoms with Crippen LogP contribution in [0.2, 0.25) is 0 Å². The number of rotatable bonds is 9. The van der Waals surface area contributed by atoms with Crippen LogP contribution in [-0.2, 0) is 20.7 Å². The van der Waals surface area contributed by atoms with Gasteiger partial charge >= 0.3 is 5.97 Å². The second-order valence-electron chi connectivity index (χ2n) is 6.78. The molecule has 1 heterocycles. The van der Waals surface area contributed by atoms with E-state index >= 15 is 0 Å². The number of hydrogen-bond donors (Lipinski definition) is 2. The third-order valence-electron chi connectivity index (χ3n) is 4.48. The lowest BCUT2D eigenvalue weighted by Gasteiger charge is -2.16. The van der Waals surface area contributed by atoms with Crippen molar-refractivity contribution in [2.24, 2.45) is 11.8 Å². The Bertz CT molecular complexity index is 830. The highest BCUT2D eigenvalue weighted by atomic mass is 32.1. The Morgan fingerprint density at radius 1 is 1.14 bits per heavy atom. The van der Waals surface area contributed by atoms with E-state index in [1.165, 1.54) is 11.3 Å². The van der Waals surface area contributed by atoms with E-state index in [2.05, 4.69) is 10.6 Å². The van der Waals surface area contributed by atoms with Gasteiger partial charge in [-0.3, -0.25) is 14.4 Å². The molecule has 0 radical (unpaired) electrons. The van der Waals surface area contributed by atoms with Gasteiger partial charge < -0.3 is 15.4 Å². The summed E-state index contributed by atoms with van der Waals surface area (Å²) in [6.07, 6.45) is 2.36. The average Bonchev–Trinajstić information content (AvgIpc) is 3.45. The zero-order valence-corrected chi connectivity index (χ0v) is 16.6. The summed E-state index contributed by atoms with van der Waals surface area (Å²) in [6.45, 7) is 2.25. The van der Waals surface area contributed by atoms with Crippen LogP contribution in [0.3, 0.4) is 0 Å². The molecule has 1 fully saturated rings. The summed E-state index contributed by atoms with van der Waals surface area (Å²) in [5.41, 5.74) is 1.01. The molecule has 1 aliphatic rings. The monoisotopic (exact) mass is 400 g/mol. The molecule has 6 nitrogen and oxygen atoms in total. The maximum atomic E-state index is 12.5. The van der Waals surface area contributed by atoms with Crippen LogP contribution in [0, 0.1) is 11.8 Å². The number of benzene rings is 1. The minimum Gasteiger partial charge on any atom is -0.466 e. The van der Waals surface area contributed by atoms with Crippen molar-refractivity contribution in [3.05, 3.63) is 52.9 Å². The second-order valence-corrected chi connectivity index (χ2v) is 7.86. The third kappa shape index (κ3) is 5.66. The highest BCUT2D eigenvalue weighted by Crippen LogP contribution is 2.31. The fraction of sp³-hybridized carbons (Fsp3) is 0.381. The van der Waals surface area contributed by atoms with Crippen LogP contribution < -0.4 is 10.6 Å². The minimum absolute atomic E-state index is 0.0130. The Morgan fingerprint density at radius 2 is 1.89 bits per heavy atom. The summed E-state index contributed by atoms with van der Waals surface area (Å²) in [7, 11) is 0. The van der Waals surface area contributed by atoms with Gasteiger partial charge in [-0.2, -0.15) is 0 Å². The zero-order chi connectivity index (χ0) is 19.9. The van der Waals surface area contributed by atoms with Gasteiger partial charge in [0.1, 0.15) is 0 Å². The first-order valence-electron chi connectivity index (χ1n) is 9.46. The molecule has 148 valence electrons. The first-order chi connectivity index (χ1) is 13.6. The second kappa shape index (κ2) is 9.50. The summed E-state index contributed by atoms with van der Waals surface area (Å²) in [5.74, 6) is -0.920. The number of carbonyl (C=O) groups excluding carboxylic acids is 3. The molecule has 0 saturated heterocycles. The Morgan fingerprint density at radius 3 is 2.57 bits per heavy atom. The lowest BCUT2D eigenvalue weighted by atomic mass is 9.99. The van der Waals surface area contributed by atoms with Crippen LogP contribution in [0.1, 0.15) is 35.0 Å². The summed E-state index contributed by atoms with van der Waals surface area (Å²) in [5, 5.41) is 6.32. The van der Waals surface area contributed by atoms with Gasteiger partial charge in [0.25, 0.3) is 5.91 Å². The average molecular weight is 401 g/mol. The number of amides is 2. The van der Waals surface area contributed by atoms with Crippen molar-refractivity contribution in [1.82, 2.24) is 5.32 Å². The predicted octanol–water partition coefficient (Wildman–Crippen LogP) is 3.25. The number of hydrogen-bond acceptors (Lipinski definition) is 5. The lowest BCUT2D eigenvalue weighted by Crippen LogP contribution is -2.34. The van der Waals surface area contributed by atoms with Crippen molar-refractivity contribution in [2.45, 2.75) is 26.2 Å². The molecule has 1 atom stereocenters. The van der Waals surface area contributed by atoms with Gasteiger partial charge in [-0.05, 0) is 43.9 Å². The molecule has 1 aliphatic carbocycles. The molecule has 1 aromatic carbocycles. The van der Waals surface area contributed by atoms with Crippen LogP contribution in [0.25, 0.3) is 0 Å². The molecule has 3 rings (SSSR count). The van der Waals surface area contributed by atoms with Crippen LogP contribution in [-0.4, -0.2) is 30.9 Å². The maximum Gasteiger partial charge on any atom is 0.311 e. The van der Waals surface area contributed by atoms with Gasteiger partial charge in [-0.25, -0.2) is 0 Å². The molecule has 1 unspecified atom stereocenters. The first kappa shape index (κ1) is 20.1. The number of ether oxygens (including phenoxy) is 1. The molecule has 1 saturated carbocycles. The SMILES string of the molecule is CCOC(=O)C(CNC(=O)c1ccc(NC(=O)C2CC2)s1)Cc1ccccc1. The van der Waals surface area contributed by atoms with Crippen molar-refractivity contribution < 1.29 is 19.1 Å². The van der Waals surface area contributed by atoms with Crippen molar-refractivity contribution in [1.29, 1.82) is 0 Å². The molecule has 0 aliphatic heterocycles. The van der Waals surface area contributed by atoms with Gasteiger partial charge in [-0.1, -0.05) is 30.3 Å². The van der Waals surface area contributed by atoms with Gasteiger partial charge in [0.05, 0.1) is 22.4 Å². The normalized spacial score (nSPS) is 14.2. The molecule has 1 aromatic heterocycles. The quantitative estimate of drug-likeness (QED) is 0.633. The Labute approximate surface area is 168 Å². The van der Waals surface area contributed by atoms with Crippen molar-refractivity contribution in [3.63, 3.8) is 0 Å². The molecule has 28 heavy (non-hydrogen) atoms. The van der Waals surface area contributed by atoms with Crippen LogP contribution in [0.4, 0.5) is 5.00 Å². The fourth-order valence-corrected chi connectivity index (χ4v) is 3.62. The number of anilines is 1. The number of nitrogens with one attached hydrogen (secondary N) is 2. The molecule has 7 heteroatoms. The summed E-state index contributed by atoms with van der Waals surface area (Å²) in [6, 6.07) is 13.1. The number of esters is 1. The summed E-state index contributed by atoms with van der Waals surface area (Å²) >= 11 is 1.23. The number of carbonyl (C=O) groups is 3. The van der Waals surface area contributed by atoms with Crippen LogP contribution in [0.15, 0.2) is 42.5 Å². The molecular weight excluding hydrogens is 376 g/mol. The highest BCUT2D eigenvalue weighted by molar-refractivity contribution is 7.18. The Hall–Kier alpha value is -2.67. The Balaban J connectivity index is 1.57. The molecule has 2 amide bonds.